The number of aromatic hydroxyl groups is 1. The molecule has 6 heteroatoms. The SMILES string of the molecule is COc1cc(/C=C/C(=O)/C=C(O)/C=C/c2ccc(O)c(OC)c2)ccc1[O]. The molecule has 0 heterocycles. The van der Waals surface area contributed by atoms with Gasteiger partial charge >= 0.3 is 0 Å². The van der Waals surface area contributed by atoms with E-state index in [0.29, 0.717) is 16.9 Å². The fraction of sp³-hybridized carbons (Fsp3) is 0.0952. The minimum Gasteiger partial charge on any atom is -0.508 e. The number of rotatable bonds is 7. The molecule has 0 aliphatic rings. The summed E-state index contributed by atoms with van der Waals surface area (Å²) < 4.78 is 9.94. The second kappa shape index (κ2) is 9.15. The maximum atomic E-state index is 11.9. The van der Waals surface area contributed by atoms with E-state index in [1.165, 1.54) is 50.6 Å². The van der Waals surface area contributed by atoms with Gasteiger partial charge in [-0.05, 0) is 47.5 Å². The summed E-state index contributed by atoms with van der Waals surface area (Å²) in [5.74, 6) is -0.393. The molecule has 6 nitrogen and oxygen atoms in total. The van der Waals surface area contributed by atoms with E-state index in [2.05, 4.69) is 0 Å². The largest absolute Gasteiger partial charge is 0.508 e. The molecule has 0 saturated heterocycles. The standard InChI is InChI=1S/C21H19O6/c1-26-20-11-14(5-9-18(20)24)3-7-16(22)13-17(23)8-4-15-6-10-19(25)21(12-15)27-2/h3-13,22,24H,1-2H3/b7-3+,8-4+,16-13-. The number of hydrogen-bond acceptors (Lipinski definition) is 5. The lowest BCUT2D eigenvalue weighted by Gasteiger charge is -2.03. The molecule has 0 atom stereocenters. The lowest BCUT2D eigenvalue weighted by molar-refractivity contribution is -0.110. The van der Waals surface area contributed by atoms with Gasteiger partial charge in [-0.2, -0.15) is 0 Å². The first-order valence-electron chi connectivity index (χ1n) is 7.95. The van der Waals surface area contributed by atoms with E-state index in [4.69, 9.17) is 9.47 Å². The Morgan fingerprint density at radius 3 is 2.19 bits per heavy atom. The Hall–Kier alpha value is -3.67. The predicted octanol–water partition coefficient (Wildman–Crippen LogP) is 4.29. The number of hydrogen-bond donors (Lipinski definition) is 2. The fourth-order valence-electron chi connectivity index (χ4n) is 2.19. The summed E-state index contributed by atoms with van der Waals surface area (Å²) in [6, 6.07) is 9.13. The first kappa shape index (κ1) is 19.7. The number of carbonyl (C=O) groups is 1. The zero-order chi connectivity index (χ0) is 19.8. The van der Waals surface area contributed by atoms with E-state index in [-0.39, 0.29) is 23.0 Å². The van der Waals surface area contributed by atoms with Gasteiger partial charge in [0.25, 0.3) is 0 Å². The van der Waals surface area contributed by atoms with Gasteiger partial charge in [0.2, 0.25) is 5.75 Å². The molecular weight excluding hydrogens is 348 g/mol. The fourth-order valence-corrected chi connectivity index (χ4v) is 2.19. The van der Waals surface area contributed by atoms with Crippen molar-refractivity contribution in [1.29, 1.82) is 0 Å². The molecule has 139 valence electrons. The normalized spacial score (nSPS) is 11.9. The lowest BCUT2D eigenvalue weighted by atomic mass is 10.1. The zero-order valence-corrected chi connectivity index (χ0v) is 14.9. The molecule has 0 bridgehead atoms. The number of aliphatic hydroxyl groups is 1. The van der Waals surface area contributed by atoms with Crippen LogP contribution in [0.4, 0.5) is 0 Å². The number of phenolic OH excluding ortho intramolecular Hbond substituents is 1. The summed E-state index contributed by atoms with van der Waals surface area (Å²) in [4.78, 5) is 11.9. The number of methoxy groups -OCH3 is 2. The monoisotopic (exact) mass is 367 g/mol. The number of ketones is 1. The molecule has 1 radical (unpaired) electrons. The summed E-state index contributed by atoms with van der Waals surface area (Å²) in [6.07, 6.45) is 6.77. The van der Waals surface area contributed by atoms with E-state index in [1.807, 2.05) is 0 Å². The Morgan fingerprint density at radius 1 is 0.926 bits per heavy atom. The van der Waals surface area contributed by atoms with E-state index in [1.54, 1.807) is 24.3 Å². The number of allylic oxidation sites excluding steroid dienone is 3. The van der Waals surface area contributed by atoms with Crippen LogP contribution in [0.15, 0.2) is 60.4 Å². The molecule has 2 rings (SSSR count). The summed E-state index contributed by atoms with van der Waals surface area (Å²) in [5, 5.41) is 30.8. The number of benzene rings is 2. The van der Waals surface area contributed by atoms with Crippen molar-refractivity contribution in [2.75, 3.05) is 14.2 Å². The highest BCUT2D eigenvalue weighted by molar-refractivity contribution is 6.02. The van der Waals surface area contributed by atoms with Crippen molar-refractivity contribution in [2.24, 2.45) is 0 Å². The molecule has 27 heavy (non-hydrogen) atoms. The Labute approximate surface area is 156 Å². The van der Waals surface area contributed by atoms with E-state index in [0.717, 1.165) is 6.08 Å². The first-order valence-corrected chi connectivity index (χ1v) is 7.95. The molecule has 0 aliphatic heterocycles. The minimum atomic E-state index is -0.425. The van der Waals surface area contributed by atoms with Gasteiger partial charge in [0.15, 0.2) is 23.0 Å². The third kappa shape index (κ3) is 5.67. The van der Waals surface area contributed by atoms with Crippen LogP contribution in [0.5, 0.6) is 23.0 Å². The van der Waals surface area contributed by atoms with E-state index < -0.39 is 5.78 Å². The molecule has 2 N–H and O–H groups in total. The van der Waals surface area contributed by atoms with Gasteiger partial charge in [-0.3, -0.25) is 9.90 Å². The van der Waals surface area contributed by atoms with E-state index in [9.17, 15) is 20.1 Å². The van der Waals surface area contributed by atoms with Gasteiger partial charge in [0, 0.05) is 6.08 Å². The zero-order valence-electron chi connectivity index (χ0n) is 14.9. The van der Waals surface area contributed by atoms with Crippen molar-refractivity contribution in [2.45, 2.75) is 0 Å². The van der Waals surface area contributed by atoms with Gasteiger partial charge in [-0.1, -0.05) is 24.3 Å². The molecule has 0 saturated carbocycles. The van der Waals surface area contributed by atoms with Gasteiger partial charge in [-0.15, -0.1) is 0 Å². The van der Waals surface area contributed by atoms with Crippen molar-refractivity contribution < 1.29 is 29.6 Å². The van der Waals surface area contributed by atoms with Crippen molar-refractivity contribution in [3.8, 4) is 23.0 Å². The van der Waals surface area contributed by atoms with Crippen molar-refractivity contribution in [3.05, 3.63) is 71.5 Å². The van der Waals surface area contributed by atoms with Crippen molar-refractivity contribution in [3.63, 3.8) is 0 Å². The van der Waals surface area contributed by atoms with Gasteiger partial charge in [-0.25, -0.2) is 0 Å². The highest BCUT2D eigenvalue weighted by atomic mass is 16.5. The highest BCUT2D eigenvalue weighted by Crippen LogP contribution is 2.28. The number of ether oxygens (including phenoxy) is 2. The van der Waals surface area contributed by atoms with Crippen LogP contribution in [-0.2, 0) is 9.90 Å². The molecule has 0 amide bonds. The smallest absolute Gasteiger partial charge is 0.220 e. The molecule has 0 aliphatic carbocycles. The molecule has 0 fully saturated rings. The number of carbonyl (C=O) groups excluding carboxylic acids is 1. The molecule has 0 aromatic heterocycles. The summed E-state index contributed by atoms with van der Waals surface area (Å²) in [5.41, 5.74) is 1.30. The molecule has 2 aromatic rings. The Kier molecular flexibility index (Phi) is 6.66. The quantitative estimate of drug-likeness (QED) is 0.432. The predicted molar refractivity (Wildman–Crippen MR) is 102 cm³/mol. The van der Waals surface area contributed by atoms with Gasteiger partial charge < -0.3 is 19.7 Å². The van der Waals surface area contributed by atoms with Crippen LogP contribution >= 0.6 is 0 Å². The summed E-state index contributed by atoms with van der Waals surface area (Å²) in [7, 11) is 2.83. The molecular formula is C21H19O6. The average molecular weight is 367 g/mol. The Bertz CT molecular complexity index is 909. The molecule has 0 spiro atoms. The van der Waals surface area contributed by atoms with Crippen LogP contribution < -0.4 is 9.47 Å². The maximum absolute atomic E-state index is 11.9. The van der Waals surface area contributed by atoms with Crippen LogP contribution in [0.3, 0.4) is 0 Å². The van der Waals surface area contributed by atoms with Crippen LogP contribution in [0.2, 0.25) is 0 Å². The highest BCUT2D eigenvalue weighted by Gasteiger charge is 2.03. The topological polar surface area (TPSA) is 95.9 Å². The lowest BCUT2D eigenvalue weighted by Crippen LogP contribution is -1.89. The summed E-state index contributed by atoms with van der Waals surface area (Å²) in [6.45, 7) is 0. The number of aliphatic hydroxyl groups excluding tert-OH is 1. The van der Waals surface area contributed by atoms with Crippen LogP contribution in [0, 0.1) is 0 Å². The second-order valence-corrected chi connectivity index (χ2v) is 5.48. The number of phenols is 1. The average Bonchev–Trinajstić information content (AvgIpc) is 2.66. The maximum Gasteiger partial charge on any atom is 0.220 e. The first-order chi connectivity index (χ1) is 12.9. The van der Waals surface area contributed by atoms with Crippen LogP contribution in [0.1, 0.15) is 11.1 Å². The van der Waals surface area contributed by atoms with Crippen LogP contribution in [0.25, 0.3) is 12.2 Å². The van der Waals surface area contributed by atoms with Gasteiger partial charge in [0.05, 0.1) is 14.2 Å². The Balaban J connectivity index is 2.05. The van der Waals surface area contributed by atoms with E-state index >= 15 is 0 Å². The van der Waals surface area contributed by atoms with Crippen molar-refractivity contribution in [1.82, 2.24) is 0 Å². The molecule has 0 unspecified atom stereocenters. The summed E-state index contributed by atoms with van der Waals surface area (Å²) >= 11 is 0. The third-order valence-electron chi connectivity index (χ3n) is 3.57. The second-order valence-electron chi connectivity index (χ2n) is 5.48. The molecule has 2 aromatic carbocycles. The third-order valence-corrected chi connectivity index (χ3v) is 3.57. The van der Waals surface area contributed by atoms with Crippen LogP contribution in [-0.4, -0.2) is 30.2 Å². The van der Waals surface area contributed by atoms with Gasteiger partial charge in [0.1, 0.15) is 5.76 Å². The van der Waals surface area contributed by atoms with Crippen molar-refractivity contribution >= 4 is 17.9 Å². The Morgan fingerprint density at radius 2 is 1.52 bits per heavy atom. The minimum absolute atomic E-state index is 0.0105.